The molecule has 4 rings (SSSR count). The van der Waals surface area contributed by atoms with Crippen LogP contribution >= 0.6 is 0 Å². The van der Waals surface area contributed by atoms with E-state index in [0.29, 0.717) is 5.56 Å². The molecular weight excluding hydrogens is 355 g/mol. The van der Waals surface area contributed by atoms with Crippen LogP contribution in [0.3, 0.4) is 0 Å². The molecule has 0 saturated carbocycles. The first-order valence-corrected chi connectivity index (χ1v) is 8.10. The Morgan fingerprint density at radius 3 is 2.44 bits per heavy atom. The number of benzene rings is 1. The molecule has 0 bridgehead atoms. The van der Waals surface area contributed by atoms with Crippen molar-refractivity contribution in [3.8, 4) is 0 Å². The summed E-state index contributed by atoms with van der Waals surface area (Å²) in [5.74, 6) is -2.51. The quantitative estimate of drug-likeness (QED) is 0.596. The van der Waals surface area contributed by atoms with Gasteiger partial charge in [-0.3, -0.25) is 14.4 Å². The van der Waals surface area contributed by atoms with Crippen molar-refractivity contribution in [1.29, 1.82) is 0 Å². The smallest absolute Gasteiger partial charge is 0.287 e. The average Bonchev–Trinajstić information content (AvgIpc) is 3.20. The van der Waals surface area contributed by atoms with Crippen LogP contribution in [0, 0.1) is 19.7 Å². The molecule has 1 amide bonds. The molecule has 1 aliphatic carbocycles. The van der Waals surface area contributed by atoms with E-state index < -0.39 is 17.5 Å². The number of aryl methyl sites for hydroxylation is 1. The van der Waals surface area contributed by atoms with Gasteiger partial charge in [-0.2, -0.15) is 0 Å². The molecule has 27 heavy (non-hydrogen) atoms. The first-order valence-electron chi connectivity index (χ1n) is 8.10. The van der Waals surface area contributed by atoms with Crippen LogP contribution in [0.4, 0.5) is 4.39 Å². The summed E-state index contributed by atoms with van der Waals surface area (Å²) in [6.45, 7) is 3.20. The molecular formula is C19H13FN2O5. The molecule has 1 aromatic carbocycles. The second kappa shape index (κ2) is 6.01. The fraction of sp³-hybridized carbons (Fsp3) is 0.158. The molecule has 0 aliphatic heterocycles. The number of carbonyl (C=O) groups is 3. The van der Waals surface area contributed by atoms with Crippen molar-refractivity contribution in [3.63, 3.8) is 0 Å². The van der Waals surface area contributed by atoms with Crippen LogP contribution < -0.4 is 5.32 Å². The number of nitrogens with one attached hydrogen (secondary N) is 1. The summed E-state index contributed by atoms with van der Waals surface area (Å²) in [7, 11) is 0. The van der Waals surface area contributed by atoms with Gasteiger partial charge in [-0.25, -0.2) is 4.39 Å². The Hall–Kier alpha value is -3.55. The highest BCUT2D eigenvalue weighted by atomic mass is 19.1. The van der Waals surface area contributed by atoms with Crippen molar-refractivity contribution >= 4 is 17.5 Å². The number of hydrogen-bond acceptors (Lipinski definition) is 6. The number of nitrogens with zero attached hydrogens (tertiary/aromatic N) is 1. The number of aromatic nitrogens is 1. The van der Waals surface area contributed by atoms with Gasteiger partial charge < -0.3 is 14.3 Å². The number of hydrogen-bond donors (Lipinski definition) is 1. The zero-order valence-electron chi connectivity index (χ0n) is 14.4. The Labute approximate surface area is 152 Å². The maximum absolute atomic E-state index is 12.9. The molecule has 2 heterocycles. The summed E-state index contributed by atoms with van der Waals surface area (Å²) in [5, 5.41) is 6.28. The van der Waals surface area contributed by atoms with Crippen LogP contribution in [-0.4, -0.2) is 22.6 Å². The number of furan rings is 1. The van der Waals surface area contributed by atoms with Gasteiger partial charge in [0, 0.05) is 12.1 Å². The number of ketones is 2. The lowest BCUT2D eigenvalue weighted by molar-refractivity contribution is 0.0907. The van der Waals surface area contributed by atoms with Gasteiger partial charge in [0.15, 0.2) is 11.5 Å². The van der Waals surface area contributed by atoms with E-state index in [4.69, 9.17) is 8.94 Å². The number of fused-ring (bicyclic) bond motifs is 2. The van der Waals surface area contributed by atoms with E-state index in [-0.39, 0.29) is 52.0 Å². The number of rotatable bonds is 3. The zero-order chi connectivity index (χ0) is 19.3. The predicted octanol–water partition coefficient (Wildman–Crippen LogP) is 2.73. The number of halogens is 1. The van der Waals surface area contributed by atoms with Crippen molar-refractivity contribution in [2.45, 2.75) is 20.4 Å². The van der Waals surface area contributed by atoms with Crippen LogP contribution in [0.25, 0.3) is 0 Å². The minimum Gasteiger partial charge on any atom is -0.446 e. The molecule has 7 nitrogen and oxygen atoms in total. The summed E-state index contributed by atoms with van der Waals surface area (Å²) >= 11 is 0. The Morgan fingerprint density at radius 2 is 1.74 bits per heavy atom. The molecule has 1 aliphatic rings. The first kappa shape index (κ1) is 16.9. The monoisotopic (exact) mass is 368 g/mol. The molecule has 0 spiro atoms. The lowest BCUT2D eigenvalue weighted by Gasteiger charge is -2.07. The molecule has 0 saturated heterocycles. The summed E-state index contributed by atoms with van der Waals surface area (Å²) in [4.78, 5) is 37.7. The van der Waals surface area contributed by atoms with Crippen molar-refractivity contribution in [3.05, 3.63) is 75.3 Å². The van der Waals surface area contributed by atoms with Crippen LogP contribution in [0.5, 0.6) is 0 Å². The second-order valence-corrected chi connectivity index (χ2v) is 6.20. The third-order valence-corrected chi connectivity index (χ3v) is 4.45. The minimum atomic E-state index is -0.585. The summed E-state index contributed by atoms with van der Waals surface area (Å²) < 4.78 is 23.4. The first-order chi connectivity index (χ1) is 12.9. The van der Waals surface area contributed by atoms with E-state index in [9.17, 15) is 18.8 Å². The lowest BCUT2D eigenvalue weighted by Crippen LogP contribution is -2.23. The minimum absolute atomic E-state index is 0.00980. The standard InChI is InChI=1S/C19H13FN2O5/c1-8-12-14(23)18-13(9(2)22-27-18)15(24)17(12)26-16(8)19(25)21-7-10-3-5-11(20)6-4-10/h3-6H,7H2,1-2H3,(H,21,25). The maximum atomic E-state index is 12.9. The van der Waals surface area contributed by atoms with E-state index >= 15 is 0 Å². The van der Waals surface area contributed by atoms with E-state index in [1.807, 2.05) is 0 Å². The Kier molecular flexibility index (Phi) is 3.76. The highest BCUT2D eigenvalue weighted by molar-refractivity contribution is 6.27. The van der Waals surface area contributed by atoms with Gasteiger partial charge in [0.2, 0.25) is 17.3 Å². The molecule has 0 atom stereocenters. The van der Waals surface area contributed by atoms with Gasteiger partial charge in [-0.05, 0) is 31.5 Å². The average molecular weight is 368 g/mol. The third-order valence-electron chi connectivity index (χ3n) is 4.45. The molecule has 3 aromatic rings. The van der Waals surface area contributed by atoms with Gasteiger partial charge >= 0.3 is 0 Å². The van der Waals surface area contributed by atoms with Crippen LogP contribution in [0.1, 0.15) is 59.6 Å². The van der Waals surface area contributed by atoms with E-state index in [1.165, 1.54) is 31.2 Å². The highest BCUT2D eigenvalue weighted by Crippen LogP contribution is 2.34. The van der Waals surface area contributed by atoms with Crippen LogP contribution in [0.2, 0.25) is 0 Å². The van der Waals surface area contributed by atoms with Gasteiger partial charge in [0.05, 0.1) is 11.3 Å². The van der Waals surface area contributed by atoms with Gasteiger partial charge in [-0.15, -0.1) is 0 Å². The lowest BCUT2D eigenvalue weighted by atomic mass is 9.90. The largest absolute Gasteiger partial charge is 0.446 e. The third kappa shape index (κ3) is 2.57. The van der Waals surface area contributed by atoms with E-state index in [2.05, 4.69) is 10.5 Å². The van der Waals surface area contributed by atoms with Crippen molar-refractivity contribution < 1.29 is 27.7 Å². The normalized spacial score (nSPS) is 12.7. The molecule has 0 unspecified atom stereocenters. The molecule has 2 aromatic heterocycles. The summed E-state index contributed by atoms with van der Waals surface area (Å²) in [6, 6.07) is 5.65. The molecule has 0 fully saturated rings. The topological polar surface area (TPSA) is 102 Å². The number of amides is 1. The Bertz CT molecular complexity index is 1110. The highest BCUT2D eigenvalue weighted by Gasteiger charge is 2.41. The predicted molar refractivity (Wildman–Crippen MR) is 89.1 cm³/mol. The van der Waals surface area contributed by atoms with E-state index in [0.717, 1.165) is 0 Å². The van der Waals surface area contributed by atoms with E-state index in [1.54, 1.807) is 6.92 Å². The van der Waals surface area contributed by atoms with Crippen LogP contribution in [0.15, 0.2) is 33.2 Å². The summed E-state index contributed by atoms with van der Waals surface area (Å²) in [5.41, 5.74) is 1.28. The van der Waals surface area contributed by atoms with Crippen molar-refractivity contribution in [2.75, 3.05) is 0 Å². The van der Waals surface area contributed by atoms with Crippen molar-refractivity contribution in [2.24, 2.45) is 0 Å². The molecule has 1 N–H and O–H groups in total. The Morgan fingerprint density at radius 1 is 1.07 bits per heavy atom. The summed E-state index contributed by atoms with van der Waals surface area (Å²) in [6.07, 6.45) is 0. The van der Waals surface area contributed by atoms with Crippen molar-refractivity contribution in [1.82, 2.24) is 10.5 Å². The van der Waals surface area contributed by atoms with Gasteiger partial charge in [0.25, 0.3) is 5.91 Å². The zero-order valence-corrected chi connectivity index (χ0v) is 14.4. The van der Waals surface area contributed by atoms with Crippen LogP contribution in [-0.2, 0) is 6.54 Å². The van der Waals surface area contributed by atoms with Gasteiger partial charge in [-0.1, -0.05) is 17.3 Å². The van der Waals surface area contributed by atoms with Gasteiger partial charge in [0.1, 0.15) is 11.4 Å². The Balaban J connectivity index is 1.64. The molecule has 0 radical (unpaired) electrons. The number of carbonyl (C=O) groups excluding carboxylic acids is 3. The fourth-order valence-electron chi connectivity index (χ4n) is 3.05. The second-order valence-electron chi connectivity index (χ2n) is 6.20. The fourth-order valence-corrected chi connectivity index (χ4v) is 3.05. The maximum Gasteiger partial charge on any atom is 0.287 e. The molecule has 8 heteroatoms. The SMILES string of the molecule is Cc1noc2c1C(=O)c1oc(C(=O)NCc3ccc(F)cc3)c(C)c1C2=O. The molecule has 136 valence electrons.